The molecule has 0 aliphatic carbocycles. The van der Waals surface area contributed by atoms with Gasteiger partial charge in [-0.05, 0) is 31.5 Å². The minimum Gasteiger partial charge on any atom is -0.386 e. The third kappa shape index (κ3) is 5.71. The summed E-state index contributed by atoms with van der Waals surface area (Å²) in [6.45, 7) is 3.27. The lowest BCUT2D eigenvalue weighted by Gasteiger charge is -2.22. The zero-order valence-electron chi connectivity index (χ0n) is 12.2. The maximum absolute atomic E-state index is 11.7. The highest BCUT2D eigenvalue weighted by atomic mass is 35.5. The van der Waals surface area contributed by atoms with Crippen LogP contribution < -0.4 is 10.6 Å². The van der Waals surface area contributed by atoms with E-state index in [1.54, 1.807) is 18.2 Å². The van der Waals surface area contributed by atoms with Gasteiger partial charge in [-0.1, -0.05) is 17.7 Å². The standard InChI is InChI=1S/C14H19ClN2O4/c1-9-4-5-10(6-11(9)15)17-13(19)12(18)16-7-14(2,20)8-21-3/h4-6,20H,7-8H2,1-3H3,(H,16,18)(H,17,19)/t14-/m1/s1. The molecular formula is C14H19ClN2O4. The zero-order valence-corrected chi connectivity index (χ0v) is 13.0. The second kappa shape index (κ2) is 7.40. The highest BCUT2D eigenvalue weighted by Crippen LogP contribution is 2.19. The molecular weight excluding hydrogens is 296 g/mol. The van der Waals surface area contributed by atoms with Crippen molar-refractivity contribution >= 4 is 29.1 Å². The number of carbonyl (C=O) groups excluding carboxylic acids is 2. The Hall–Kier alpha value is -1.63. The first-order valence-corrected chi connectivity index (χ1v) is 6.69. The maximum atomic E-state index is 11.7. The number of anilines is 1. The number of rotatable bonds is 5. The number of aryl methyl sites for hydroxylation is 1. The average Bonchev–Trinajstić information content (AvgIpc) is 2.40. The minimum atomic E-state index is -1.24. The molecule has 1 aromatic rings. The smallest absolute Gasteiger partial charge is 0.313 e. The minimum absolute atomic E-state index is 0.0441. The highest BCUT2D eigenvalue weighted by molar-refractivity contribution is 6.39. The molecule has 0 saturated carbocycles. The van der Waals surface area contributed by atoms with E-state index in [1.807, 2.05) is 6.92 Å². The molecule has 0 aromatic heterocycles. The van der Waals surface area contributed by atoms with Crippen LogP contribution in [-0.2, 0) is 14.3 Å². The van der Waals surface area contributed by atoms with Crippen LogP contribution in [0, 0.1) is 6.92 Å². The number of hydrogen-bond acceptors (Lipinski definition) is 4. The molecule has 0 heterocycles. The molecule has 0 aliphatic heterocycles. The van der Waals surface area contributed by atoms with E-state index >= 15 is 0 Å². The van der Waals surface area contributed by atoms with E-state index in [9.17, 15) is 14.7 Å². The molecule has 21 heavy (non-hydrogen) atoms. The molecule has 7 heteroatoms. The molecule has 0 saturated heterocycles. The molecule has 3 N–H and O–H groups in total. The van der Waals surface area contributed by atoms with Gasteiger partial charge in [0.05, 0.1) is 6.61 Å². The molecule has 6 nitrogen and oxygen atoms in total. The normalized spacial score (nSPS) is 13.4. The number of hydrogen-bond donors (Lipinski definition) is 3. The van der Waals surface area contributed by atoms with Gasteiger partial charge in [0.25, 0.3) is 0 Å². The van der Waals surface area contributed by atoms with E-state index in [0.29, 0.717) is 10.7 Å². The fraction of sp³-hybridized carbons (Fsp3) is 0.429. The quantitative estimate of drug-likeness (QED) is 0.710. The lowest BCUT2D eigenvalue weighted by molar-refractivity contribution is -0.137. The molecule has 0 bridgehead atoms. The lowest BCUT2D eigenvalue weighted by atomic mass is 10.1. The van der Waals surface area contributed by atoms with Crippen molar-refractivity contribution < 1.29 is 19.4 Å². The van der Waals surface area contributed by atoms with E-state index in [0.717, 1.165) is 5.56 Å². The van der Waals surface area contributed by atoms with E-state index < -0.39 is 17.4 Å². The molecule has 0 unspecified atom stereocenters. The Kier molecular flexibility index (Phi) is 6.14. The topological polar surface area (TPSA) is 87.7 Å². The van der Waals surface area contributed by atoms with Gasteiger partial charge in [0.2, 0.25) is 0 Å². The number of ether oxygens (including phenoxy) is 1. The Balaban J connectivity index is 2.55. The zero-order chi connectivity index (χ0) is 16.0. The fourth-order valence-corrected chi connectivity index (χ4v) is 1.75. The van der Waals surface area contributed by atoms with Crippen molar-refractivity contribution in [1.29, 1.82) is 0 Å². The van der Waals surface area contributed by atoms with Crippen molar-refractivity contribution in [2.75, 3.05) is 25.6 Å². The predicted molar refractivity (Wildman–Crippen MR) is 80.3 cm³/mol. The Labute approximate surface area is 128 Å². The highest BCUT2D eigenvalue weighted by Gasteiger charge is 2.23. The van der Waals surface area contributed by atoms with Crippen LogP contribution in [0.4, 0.5) is 5.69 Å². The Morgan fingerprint density at radius 3 is 2.62 bits per heavy atom. The monoisotopic (exact) mass is 314 g/mol. The summed E-state index contributed by atoms with van der Waals surface area (Å²) in [5.74, 6) is -1.67. The summed E-state index contributed by atoms with van der Waals surface area (Å²) in [7, 11) is 1.43. The Bertz CT molecular complexity index is 532. The van der Waals surface area contributed by atoms with Gasteiger partial charge in [0.15, 0.2) is 0 Å². The van der Waals surface area contributed by atoms with Crippen molar-refractivity contribution in [2.24, 2.45) is 0 Å². The summed E-state index contributed by atoms with van der Waals surface area (Å²) < 4.78 is 4.80. The van der Waals surface area contributed by atoms with Gasteiger partial charge in [-0.15, -0.1) is 0 Å². The number of halogens is 1. The SMILES string of the molecule is COC[C@](C)(O)CNC(=O)C(=O)Nc1ccc(C)c(Cl)c1. The summed E-state index contributed by atoms with van der Waals surface area (Å²) in [4.78, 5) is 23.3. The van der Waals surface area contributed by atoms with Gasteiger partial charge in [0.1, 0.15) is 5.60 Å². The average molecular weight is 315 g/mol. The fourth-order valence-electron chi connectivity index (χ4n) is 1.57. The molecule has 2 amide bonds. The number of amides is 2. The van der Waals surface area contributed by atoms with Gasteiger partial charge in [0, 0.05) is 24.4 Å². The van der Waals surface area contributed by atoms with Crippen molar-refractivity contribution in [2.45, 2.75) is 19.4 Å². The second-order valence-corrected chi connectivity index (χ2v) is 5.44. The molecule has 0 spiro atoms. The summed E-state index contributed by atoms with van der Waals surface area (Å²) in [6, 6.07) is 4.94. The number of methoxy groups -OCH3 is 1. The molecule has 0 aliphatic rings. The molecule has 0 radical (unpaired) electrons. The van der Waals surface area contributed by atoms with E-state index in [-0.39, 0.29) is 13.2 Å². The van der Waals surface area contributed by atoms with Gasteiger partial charge in [-0.2, -0.15) is 0 Å². The number of benzene rings is 1. The Morgan fingerprint density at radius 1 is 1.38 bits per heavy atom. The van der Waals surface area contributed by atoms with Crippen LogP contribution in [0.3, 0.4) is 0 Å². The van der Waals surface area contributed by atoms with Crippen LogP contribution in [0.1, 0.15) is 12.5 Å². The first kappa shape index (κ1) is 17.4. The molecule has 1 aromatic carbocycles. The van der Waals surface area contributed by atoms with Crippen LogP contribution in [0.2, 0.25) is 5.02 Å². The predicted octanol–water partition coefficient (Wildman–Crippen LogP) is 1.10. The van der Waals surface area contributed by atoms with Crippen molar-refractivity contribution in [1.82, 2.24) is 5.32 Å². The van der Waals surface area contributed by atoms with Gasteiger partial charge < -0.3 is 20.5 Å². The number of aliphatic hydroxyl groups is 1. The molecule has 116 valence electrons. The van der Waals surface area contributed by atoms with E-state index in [4.69, 9.17) is 16.3 Å². The lowest BCUT2D eigenvalue weighted by Crippen LogP contribution is -2.46. The van der Waals surface area contributed by atoms with Crippen molar-refractivity contribution in [3.8, 4) is 0 Å². The van der Waals surface area contributed by atoms with Gasteiger partial charge >= 0.3 is 11.8 Å². The largest absolute Gasteiger partial charge is 0.386 e. The van der Waals surface area contributed by atoms with Crippen LogP contribution in [-0.4, -0.2) is 42.8 Å². The van der Waals surface area contributed by atoms with E-state index in [2.05, 4.69) is 10.6 Å². The van der Waals surface area contributed by atoms with Gasteiger partial charge in [-0.25, -0.2) is 0 Å². The number of nitrogens with one attached hydrogen (secondary N) is 2. The third-order valence-electron chi connectivity index (χ3n) is 2.72. The first-order valence-electron chi connectivity index (χ1n) is 6.32. The van der Waals surface area contributed by atoms with Crippen LogP contribution in [0.25, 0.3) is 0 Å². The van der Waals surface area contributed by atoms with E-state index in [1.165, 1.54) is 14.0 Å². The summed E-state index contributed by atoms with van der Waals surface area (Å²) in [5, 5.41) is 15.1. The van der Waals surface area contributed by atoms with Crippen molar-refractivity contribution in [3.05, 3.63) is 28.8 Å². The van der Waals surface area contributed by atoms with Crippen molar-refractivity contribution in [3.63, 3.8) is 0 Å². The summed E-state index contributed by atoms with van der Waals surface area (Å²) in [6.07, 6.45) is 0. The number of carbonyl (C=O) groups is 2. The third-order valence-corrected chi connectivity index (χ3v) is 3.13. The molecule has 0 fully saturated rings. The maximum Gasteiger partial charge on any atom is 0.313 e. The Morgan fingerprint density at radius 2 is 2.05 bits per heavy atom. The van der Waals surface area contributed by atoms with Gasteiger partial charge in [-0.3, -0.25) is 9.59 Å². The first-order chi connectivity index (χ1) is 9.75. The summed E-state index contributed by atoms with van der Waals surface area (Å²) >= 11 is 5.93. The van der Waals surface area contributed by atoms with Crippen LogP contribution in [0.15, 0.2) is 18.2 Å². The second-order valence-electron chi connectivity index (χ2n) is 5.03. The van der Waals surface area contributed by atoms with Crippen LogP contribution in [0.5, 0.6) is 0 Å². The molecule has 1 atom stereocenters. The van der Waals surface area contributed by atoms with Crippen LogP contribution >= 0.6 is 11.6 Å². The summed E-state index contributed by atoms with van der Waals surface area (Å²) in [5.41, 5.74) is 0.0573. The molecule has 1 rings (SSSR count).